The van der Waals surface area contributed by atoms with Crippen LogP contribution < -0.4 is 5.73 Å². The second-order valence-electron chi connectivity index (χ2n) is 5.20. The third-order valence-electron chi connectivity index (χ3n) is 3.61. The SMILES string of the molecule is Cc1cc(N)cc2c1C(=O)N(Cc1ccc(O)cc1)C2. The lowest BCUT2D eigenvalue weighted by atomic mass is 10.0. The molecule has 0 spiro atoms. The minimum Gasteiger partial charge on any atom is -0.508 e. The van der Waals surface area contributed by atoms with Crippen molar-refractivity contribution in [3.8, 4) is 5.75 Å². The Morgan fingerprint density at radius 2 is 1.95 bits per heavy atom. The third kappa shape index (κ3) is 2.09. The van der Waals surface area contributed by atoms with Crippen LogP contribution in [0.25, 0.3) is 0 Å². The van der Waals surface area contributed by atoms with Crippen LogP contribution in [0.4, 0.5) is 5.69 Å². The van der Waals surface area contributed by atoms with Crippen molar-refractivity contribution in [3.63, 3.8) is 0 Å². The number of nitrogens with two attached hydrogens (primary N) is 1. The first-order valence-corrected chi connectivity index (χ1v) is 6.51. The van der Waals surface area contributed by atoms with E-state index in [1.54, 1.807) is 17.0 Å². The first-order valence-electron chi connectivity index (χ1n) is 6.51. The van der Waals surface area contributed by atoms with E-state index in [4.69, 9.17) is 5.73 Å². The van der Waals surface area contributed by atoms with Gasteiger partial charge >= 0.3 is 0 Å². The van der Waals surface area contributed by atoms with Gasteiger partial charge in [-0.15, -0.1) is 0 Å². The van der Waals surface area contributed by atoms with Crippen molar-refractivity contribution in [2.24, 2.45) is 0 Å². The number of anilines is 1. The Balaban J connectivity index is 1.87. The van der Waals surface area contributed by atoms with Crippen molar-refractivity contribution in [2.45, 2.75) is 20.0 Å². The van der Waals surface area contributed by atoms with Crippen LogP contribution in [0, 0.1) is 6.92 Å². The highest BCUT2D eigenvalue weighted by Crippen LogP contribution is 2.29. The average molecular weight is 268 g/mol. The van der Waals surface area contributed by atoms with Crippen molar-refractivity contribution < 1.29 is 9.90 Å². The van der Waals surface area contributed by atoms with E-state index < -0.39 is 0 Å². The number of benzene rings is 2. The zero-order valence-electron chi connectivity index (χ0n) is 11.3. The summed E-state index contributed by atoms with van der Waals surface area (Å²) in [5.74, 6) is 0.277. The van der Waals surface area contributed by atoms with Crippen molar-refractivity contribution >= 4 is 11.6 Å². The highest BCUT2D eigenvalue weighted by molar-refractivity contribution is 6.00. The maximum Gasteiger partial charge on any atom is 0.255 e. The summed E-state index contributed by atoms with van der Waals surface area (Å²) in [4.78, 5) is 14.2. The molecule has 1 aliphatic heterocycles. The highest BCUT2D eigenvalue weighted by Gasteiger charge is 2.29. The van der Waals surface area contributed by atoms with E-state index >= 15 is 0 Å². The Kier molecular flexibility index (Phi) is 2.86. The summed E-state index contributed by atoms with van der Waals surface area (Å²) in [6.07, 6.45) is 0. The average Bonchev–Trinajstić information content (AvgIpc) is 2.69. The van der Waals surface area contributed by atoms with Crippen LogP contribution in [0.2, 0.25) is 0 Å². The highest BCUT2D eigenvalue weighted by atomic mass is 16.3. The second-order valence-corrected chi connectivity index (χ2v) is 5.20. The molecular formula is C16H16N2O2. The molecule has 1 amide bonds. The van der Waals surface area contributed by atoms with Crippen LogP contribution >= 0.6 is 0 Å². The van der Waals surface area contributed by atoms with E-state index in [0.29, 0.717) is 18.8 Å². The largest absolute Gasteiger partial charge is 0.508 e. The van der Waals surface area contributed by atoms with E-state index in [0.717, 1.165) is 22.3 Å². The van der Waals surface area contributed by atoms with E-state index in [9.17, 15) is 9.90 Å². The van der Waals surface area contributed by atoms with Crippen LogP contribution in [0.3, 0.4) is 0 Å². The summed E-state index contributed by atoms with van der Waals surface area (Å²) < 4.78 is 0. The Morgan fingerprint density at radius 3 is 2.65 bits per heavy atom. The van der Waals surface area contributed by atoms with Gasteiger partial charge in [0.15, 0.2) is 0 Å². The number of phenolic OH excluding ortho intramolecular Hbond substituents is 1. The molecule has 2 aromatic carbocycles. The topological polar surface area (TPSA) is 66.6 Å². The molecule has 0 atom stereocenters. The number of amides is 1. The minimum absolute atomic E-state index is 0.0468. The lowest BCUT2D eigenvalue weighted by Gasteiger charge is -2.15. The lowest BCUT2D eigenvalue weighted by molar-refractivity contribution is 0.0766. The molecule has 0 fully saturated rings. The Labute approximate surface area is 117 Å². The normalized spacial score (nSPS) is 13.7. The molecule has 1 heterocycles. The fraction of sp³-hybridized carbons (Fsp3) is 0.188. The molecule has 20 heavy (non-hydrogen) atoms. The Bertz CT molecular complexity index is 678. The van der Waals surface area contributed by atoms with Crippen molar-refractivity contribution in [1.29, 1.82) is 0 Å². The number of hydrogen-bond donors (Lipinski definition) is 2. The monoisotopic (exact) mass is 268 g/mol. The second kappa shape index (κ2) is 4.56. The maximum absolute atomic E-state index is 12.4. The molecule has 4 nitrogen and oxygen atoms in total. The number of nitrogens with zero attached hydrogens (tertiary/aromatic N) is 1. The summed E-state index contributed by atoms with van der Waals surface area (Å²) in [7, 11) is 0. The van der Waals surface area contributed by atoms with Crippen LogP contribution in [-0.4, -0.2) is 15.9 Å². The van der Waals surface area contributed by atoms with Crippen LogP contribution in [0.1, 0.15) is 27.0 Å². The predicted octanol–water partition coefficient (Wildman–Crippen LogP) is 2.44. The molecule has 0 saturated heterocycles. The fourth-order valence-electron chi connectivity index (χ4n) is 2.71. The number of nitrogen functional groups attached to an aromatic ring is 1. The van der Waals surface area contributed by atoms with Crippen molar-refractivity contribution in [2.75, 3.05) is 5.73 Å². The molecule has 0 aliphatic carbocycles. The summed E-state index contributed by atoms with van der Waals surface area (Å²) >= 11 is 0. The zero-order chi connectivity index (χ0) is 14.3. The molecule has 1 aliphatic rings. The predicted molar refractivity (Wildman–Crippen MR) is 77.3 cm³/mol. The number of aryl methyl sites for hydroxylation is 1. The van der Waals surface area contributed by atoms with E-state index in [1.165, 1.54) is 0 Å². The van der Waals surface area contributed by atoms with Gasteiger partial charge in [0.25, 0.3) is 5.91 Å². The molecular weight excluding hydrogens is 252 g/mol. The number of carbonyl (C=O) groups excluding carboxylic acids is 1. The van der Waals surface area contributed by atoms with Crippen molar-refractivity contribution in [3.05, 3.63) is 58.7 Å². The third-order valence-corrected chi connectivity index (χ3v) is 3.61. The summed E-state index contributed by atoms with van der Waals surface area (Å²) in [5, 5.41) is 9.28. The summed E-state index contributed by atoms with van der Waals surface area (Å²) in [5.41, 5.74) is 10.2. The number of rotatable bonds is 2. The number of carbonyl (C=O) groups is 1. The number of hydrogen-bond acceptors (Lipinski definition) is 3. The smallest absolute Gasteiger partial charge is 0.255 e. The standard InChI is InChI=1S/C16H16N2O2/c1-10-6-13(17)7-12-9-18(16(20)15(10)12)8-11-2-4-14(19)5-3-11/h2-7,19H,8-9,17H2,1H3. The Hall–Kier alpha value is -2.49. The minimum atomic E-state index is 0.0468. The fourth-order valence-corrected chi connectivity index (χ4v) is 2.71. The molecule has 102 valence electrons. The van der Waals surface area contributed by atoms with Gasteiger partial charge in [0.05, 0.1) is 0 Å². The van der Waals surface area contributed by atoms with Crippen LogP contribution in [0.5, 0.6) is 5.75 Å². The zero-order valence-corrected chi connectivity index (χ0v) is 11.3. The van der Waals surface area contributed by atoms with Crippen LogP contribution in [-0.2, 0) is 13.1 Å². The molecule has 0 bridgehead atoms. The van der Waals surface area contributed by atoms with Gasteiger partial charge in [-0.2, -0.15) is 0 Å². The number of fused-ring (bicyclic) bond motifs is 1. The molecule has 4 heteroatoms. The number of aromatic hydroxyl groups is 1. The van der Waals surface area contributed by atoms with Gasteiger partial charge in [0.2, 0.25) is 0 Å². The molecule has 0 saturated carbocycles. The van der Waals surface area contributed by atoms with E-state index in [1.807, 2.05) is 31.2 Å². The van der Waals surface area contributed by atoms with Gasteiger partial charge in [-0.1, -0.05) is 12.1 Å². The van der Waals surface area contributed by atoms with E-state index in [2.05, 4.69) is 0 Å². The molecule has 2 aromatic rings. The van der Waals surface area contributed by atoms with Gasteiger partial charge < -0.3 is 15.7 Å². The summed E-state index contributed by atoms with van der Waals surface area (Å²) in [6, 6.07) is 10.6. The summed E-state index contributed by atoms with van der Waals surface area (Å²) in [6.45, 7) is 3.03. The maximum atomic E-state index is 12.4. The molecule has 3 N–H and O–H groups in total. The molecule has 0 aromatic heterocycles. The van der Waals surface area contributed by atoms with Gasteiger partial charge in [0, 0.05) is 24.3 Å². The van der Waals surface area contributed by atoms with Crippen LogP contribution in [0.15, 0.2) is 36.4 Å². The van der Waals surface area contributed by atoms with Gasteiger partial charge in [-0.25, -0.2) is 0 Å². The van der Waals surface area contributed by atoms with Crippen molar-refractivity contribution in [1.82, 2.24) is 4.90 Å². The lowest BCUT2D eigenvalue weighted by Crippen LogP contribution is -2.23. The molecule has 0 unspecified atom stereocenters. The van der Waals surface area contributed by atoms with Gasteiger partial charge in [-0.05, 0) is 47.9 Å². The van der Waals surface area contributed by atoms with E-state index in [-0.39, 0.29) is 11.7 Å². The molecule has 0 radical (unpaired) electrons. The van der Waals surface area contributed by atoms with Gasteiger partial charge in [0.1, 0.15) is 5.75 Å². The van der Waals surface area contributed by atoms with Gasteiger partial charge in [-0.3, -0.25) is 4.79 Å². The first kappa shape index (κ1) is 12.5. The number of phenols is 1. The molecule has 3 rings (SSSR count). The Morgan fingerprint density at radius 1 is 1.25 bits per heavy atom. The quantitative estimate of drug-likeness (QED) is 0.822. The first-order chi connectivity index (χ1) is 9.54.